The molecule has 0 saturated carbocycles. The smallest absolute Gasteiger partial charge is 0.280 e. The maximum absolute atomic E-state index is 5.81. The molecule has 0 fully saturated rings. The minimum absolute atomic E-state index is 0.879. The normalized spacial score (nSPS) is 10.7. The Hall–Kier alpha value is -2.55. The van der Waals surface area contributed by atoms with Gasteiger partial charge in [0.25, 0.3) is 5.69 Å². The van der Waals surface area contributed by atoms with Gasteiger partial charge in [-0.2, -0.15) is 0 Å². The molecule has 0 aliphatic rings. The van der Waals surface area contributed by atoms with Gasteiger partial charge in [0.15, 0.2) is 12.7 Å². The molecule has 3 rings (SSSR count). The van der Waals surface area contributed by atoms with Gasteiger partial charge in [-0.3, -0.25) is 0 Å². The summed E-state index contributed by atoms with van der Waals surface area (Å²) in [7, 11) is 3.83. The molecule has 22 heavy (non-hydrogen) atoms. The van der Waals surface area contributed by atoms with Crippen LogP contribution in [0.15, 0.2) is 60.7 Å². The Kier molecular flexibility index (Phi) is 3.96. The maximum atomic E-state index is 5.81. The highest BCUT2D eigenvalue weighted by molar-refractivity contribution is 5.76. The number of ether oxygens (including phenoxy) is 1. The van der Waals surface area contributed by atoms with E-state index in [-0.39, 0.29) is 0 Å². The first-order chi connectivity index (χ1) is 10.8. The zero-order valence-corrected chi connectivity index (χ0v) is 13.3. The standard InChI is InChI=1S/C19H21N2O/c1-4-21-18(16-13-9-6-10-14-16)19(22-3)17(20(21)2)15-11-7-5-8-12-15/h5-14H,4H2,1-3H3/q+1. The highest BCUT2D eigenvalue weighted by Crippen LogP contribution is 2.37. The van der Waals surface area contributed by atoms with Crippen LogP contribution in [0.3, 0.4) is 0 Å². The molecule has 0 saturated heterocycles. The molecule has 0 atom stereocenters. The van der Waals surface area contributed by atoms with Gasteiger partial charge < -0.3 is 4.74 Å². The lowest BCUT2D eigenvalue weighted by atomic mass is 10.1. The summed E-state index contributed by atoms with van der Waals surface area (Å²) >= 11 is 0. The molecule has 0 bridgehead atoms. The van der Waals surface area contributed by atoms with E-state index >= 15 is 0 Å². The van der Waals surface area contributed by atoms with Gasteiger partial charge in [0.2, 0.25) is 5.75 Å². The van der Waals surface area contributed by atoms with Crippen molar-refractivity contribution in [2.24, 2.45) is 7.05 Å². The molecule has 3 aromatic rings. The second kappa shape index (κ2) is 6.06. The summed E-state index contributed by atoms with van der Waals surface area (Å²) in [5, 5.41) is 0. The monoisotopic (exact) mass is 293 g/mol. The molecule has 0 spiro atoms. The minimum Gasteiger partial charge on any atom is -0.489 e. The van der Waals surface area contributed by atoms with Gasteiger partial charge in [-0.1, -0.05) is 48.5 Å². The van der Waals surface area contributed by atoms with Crippen molar-refractivity contribution in [3.8, 4) is 28.3 Å². The van der Waals surface area contributed by atoms with Gasteiger partial charge in [-0.05, 0) is 19.1 Å². The summed E-state index contributed by atoms with van der Waals surface area (Å²) < 4.78 is 10.2. The number of hydrogen-bond donors (Lipinski definition) is 0. The van der Waals surface area contributed by atoms with Crippen molar-refractivity contribution in [2.45, 2.75) is 13.5 Å². The van der Waals surface area contributed by atoms with Gasteiger partial charge in [-0.15, -0.1) is 9.36 Å². The van der Waals surface area contributed by atoms with Crippen molar-refractivity contribution in [1.82, 2.24) is 4.68 Å². The Morgan fingerprint density at radius 1 is 0.909 bits per heavy atom. The van der Waals surface area contributed by atoms with Gasteiger partial charge in [0.05, 0.1) is 19.2 Å². The van der Waals surface area contributed by atoms with Crippen molar-refractivity contribution >= 4 is 0 Å². The Bertz CT molecular complexity index is 761. The molecule has 3 heteroatoms. The van der Waals surface area contributed by atoms with Gasteiger partial charge >= 0.3 is 0 Å². The van der Waals surface area contributed by atoms with Crippen molar-refractivity contribution in [3.05, 3.63) is 60.7 Å². The molecule has 2 aromatic carbocycles. The number of rotatable bonds is 4. The molecule has 1 heterocycles. The average Bonchev–Trinajstić information content (AvgIpc) is 2.88. The summed E-state index contributed by atoms with van der Waals surface area (Å²) in [6, 6.07) is 20.8. The van der Waals surface area contributed by atoms with E-state index in [1.54, 1.807) is 7.11 Å². The Morgan fingerprint density at radius 2 is 1.45 bits per heavy atom. The SMILES string of the molecule is CCn1c(-c2ccccc2)c(OC)c(-c2ccccc2)[n+]1C. The molecule has 0 unspecified atom stereocenters. The summed E-state index contributed by atoms with van der Waals surface area (Å²) in [6.45, 7) is 3.03. The van der Waals surface area contributed by atoms with E-state index in [0.717, 1.165) is 29.2 Å². The van der Waals surface area contributed by atoms with Crippen molar-refractivity contribution < 1.29 is 9.42 Å². The van der Waals surface area contributed by atoms with Crippen molar-refractivity contribution in [2.75, 3.05) is 7.11 Å². The lowest BCUT2D eigenvalue weighted by Crippen LogP contribution is -2.40. The number of aromatic nitrogens is 2. The molecule has 0 amide bonds. The second-order valence-corrected chi connectivity index (χ2v) is 5.20. The van der Waals surface area contributed by atoms with E-state index in [2.05, 4.69) is 71.9 Å². The molecule has 0 aliphatic carbocycles. The molecule has 1 aromatic heterocycles. The summed E-state index contributed by atoms with van der Waals surface area (Å²) in [5.41, 5.74) is 4.54. The van der Waals surface area contributed by atoms with Gasteiger partial charge in [0, 0.05) is 5.56 Å². The first kappa shape index (κ1) is 14.4. The van der Waals surface area contributed by atoms with E-state index in [9.17, 15) is 0 Å². The van der Waals surface area contributed by atoms with Crippen molar-refractivity contribution in [1.29, 1.82) is 0 Å². The van der Waals surface area contributed by atoms with E-state index < -0.39 is 0 Å². The first-order valence-electron chi connectivity index (χ1n) is 7.55. The van der Waals surface area contributed by atoms with Crippen LogP contribution in [-0.4, -0.2) is 11.8 Å². The zero-order valence-electron chi connectivity index (χ0n) is 13.3. The van der Waals surface area contributed by atoms with Crippen LogP contribution in [-0.2, 0) is 13.6 Å². The van der Waals surface area contributed by atoms with E-state index in [1.807, 2.05) is 12.1 Å². The van der Waals surface area contributed by atoms with Crippen LogP contribution in [0.5, 0.6) is 5.75 Å². The molecule has 0 N–H and O–H groups in total. The highest BCUT2D eigenvalue weighted by Gasteiger charge is 2.30. The predicted molar refractivity (Wildman–Crippen MR) is 88.7 cm³/mol. The van der Waals surface area contributed by atoms with E-state index in [1.165, 1.54) is 5.56 Å². The fraction of sp³-hybridized carbons (Fsp3) is 0.211. The summed E-state index contributed by atoms with van der Waals surface area (Å²) in [4.78, 5) is 0. The van der Waals surface area contributed by atoms with Gasteiger partial charge in [0.1, 0.15) is 0 Å². The number of nitrogens with zero attached hydrogens (tertiary/aromatic N) is 2. The molecular weight excluding hydrogens is 272 g/mol. The number of hydrogen-bond acceptors (Lipinski definition) is 1. The third-order valence-electron chi connectivity index (χ3n) is 3.97. The molecular formula is C19H21N2O+. The molecule has 3 nitrogen and oxygen atoms in total. The third kappa shape index (κ3) is 2.29. The van der Waals surface area contributed by atoms with Crippen LogP contribution in [0, 0.1) is 0 Å². The largest absolute Gasteiger partial charge is 0.489 e. The van der Waals surface area contributed by atoms with Gasteiger partial charge in [-0.25, -0.2) is 0 Å². The summed E-state index contributed by atoms with van der Waals surface area (Å²) in [5.74, 6) is 0.918. The van der Waals surface area contributed by atoms with E-state index in [4.69, 9.17) is 4.74 Å². The Morgan fingerprint density at radius 3 is 1.95 bits per heavy atom. The lowest BCUT2D eigenvalue weighted by Gasteiger charge is -2.04. The quantitative estimate of drug-likeness (QED) is 0.671. The van der Waals surface area contributed by atoms with E-state index in [0.29, 0.717) is 0 Å². The maximum Gasteiger partial charge on any atom is 0.280 e. The molecule has 0 radical (unpaired) electrons. The molecule has 112 valence electrons. The predicted octanol–water partition coefficient (Wildman–Crippen LogP) is 3.68. The number of benzene rings is 2. The second-order valence-electron chi connectivity index (χ2n) is 5.20. The van der Waals surface area contributed by atoms with Crippen molar-refractivity contribution in [3.63, 3.8) is 0 Å². The fourth-order valence-electron chi connectivity index (χ4n) is 3.00. The highest BCUT2D eigenvalue weighted by atomic mass is 16.5. The molecule has 0 aliphatic heterocycles. The average molecular weight is 293 g/mol. The first-order valence-corrected chi connectivity index (χ1v) is 7.55. The van der Waals surface area contributed by atoms with Crippen LogP contribution in [0.4, 0.5) is 0 Å². The van der Waals surface area contributed by atoms with Crippen LogP contribution >= 0.6 is 0 Å². The van der Waals surface area contributed by atoms with Crippen LogP contribution in [0.25, 0.3) is 22.5 Å². The Balaban J connectivity index is 2.32. The van der Waals surface area contributed by atoms with Crippen LogP contribution in [0.1, 0.15) is 6.92 Å². The fourth-order valence-corrected chi connectivity index (χ4v) is 3.00. The number of methoxy groups -OCH3 is 1. The Labute approximate surface area is 131 Å². The minimum atomic E-state index is 0.879. The third-order valence-corrected chi connectivity index (χ3v) is 3.97. The van der Waals surface area contributed by atoms with Crippen LogP contribution < -0.4 is 9.42 Å². The topological polar surface area (TPSA) is 18.0 Å². The zero-order chi connectivity index (χ0) is 15.5. The lowest BCUT2D eigenvalue weighted by molar-refractivity contribution is -0.742. The summed E-state index contributed by atoms with van der Waals surface area (Å²) in [6.07, 6.45) is 0. The van der Waals surface area contributed by atoms with Crippen LogP contribution in [0.2, 0.25) is 0 Å².